The molecule has 0 aromatic rings. The third-order valence-corrected chi connectivity index (χ3v) is 5.99. The molecule has 0 radical (unpaired) electrons. The monoisotopic (exact) mass is 465 g/mol. The number of unbranched alkanes of at least 4 members (excludes halogenated alkanes) is 14. The average molecular weight is 466 g/mol. The van der Waals surface area contributed by atoms with Gasteiger partial charge in [0.05, 0.1) is 19.5 Å². The van der Waals surface area contributed by atoms with Crippen LogP contribution in [0.1, 0.15) is 103 Å². The zero-order valence-corrected chi connectivity index (χ0v) is 20.6. The van der Waals surface area contributed by atoms with Crippen LogP contribution < -0.4 is 5.73 Å². The highest BCUT2D eigenvalue weighted by atomic mass is 31.2. The van der Waals surface area contributed by atoms with E-state index in [4.69, 9.17) is 10.5 Å². The molecule has 31 heavy (non-hydrogen) atoms. The number of phosphoric acid groups is 1. The van der Waals surface area contributed by atoms with Crippen molar-refractivity contribution in [1.82, 2.24) is 0 Å². The summed E-state index contributed by atoms with van der Waals surface area (Å²) in [7, 11) is -4.15. The number of allylic oxidation sites excluding steroid dienone is 1. The largest absolute Gasteiger partial charge is 0.499 e. The molecule has 2 atom stereocenters. The molecule has 0 spiro atoms. The normalized spacial score (nSPS) is 14.7. The van der Waals surface area contributed by atoms with Crippen LogP contribution in [0.15, 0.2) is 12.3 Å². The number of aliphatic hydroxyl groups is 1. The van der Waals surface area contributed by atoms with Crippen molar-refractivity contribution in [3.63, 3.8) is 0 Å². The van der Waals surface area contributed by atoms with Gasteiger partial charge in [-0.2, -0.15) is 0 Å². The van der Waals surface area contributed by atoms with Gasteiger partial charge in [0.15, 0.2) is 0 Å². The average Bonchev–Trinajstić information content (AvgIpc) is 2.75. The van der Waals surface area contributed by atoms with Gasteiger partial charge < -0.3 is 20.5 Å². The Hall–Kier alpha value is -0.430. The minimum absolute atomic E-state index is 0.00781. The first-order valence-electron chi connectivity index (χ1n) is 12.3. The molecule has 0 aromatic carbocycles. The fraction of sp³-hybridized carbons (Fsp3) is 0.913. The first kappa shape index (κ1) is 30.6. The smallest absolute Gasteiger partial charge is 0.472 e. The van der Waals surface area contributed by atoms with Crippen LogP contribution in [0.25, 0.3) is 0 Å². The molecule has 0 amide bonds. The number of aliphatic hydroxyl groups excluding tert-OH is 1. The molecular formula is C23H48NO6P. The molecule has 0 aliphatic heterocycles. The van der Waals surface area contributed by atoms with Crippen LogP contribution in [-0.2, 0) is 18.3 Å². The van der Waals surface area contributed by atoms with Crippen molar-refractivity contribution < 1.29 is 28.3 Å². The molecule has 0 rings (SSSR count). The van der Waals surface area contributed by atoms with Gasteiger partial charge in [-0.15, -0.1) is 0 Å². The Labute approximate surface area is 190 Å². The molecule has 186 valence electrons. The van der Waals surface area contributed by atoms with Crippen LogP contribution in [0, 0.1) is 0 Å². The second kappa shape index (κ2) is 22.8. The van der Waals surface area contributed by atoms with Crippen molar-refractivity contribution in [2.45, 2.75) is 109 Å². The fourth-order valence-electron chi connectivity index (χ4n) is 3.19. The van der Waals surface area contributed by atoms with Gasteiger partial charge in [-0.3, -0.25) is 9.05 Å². The van der Waals surface area contributed by atoms with Gasteiger partial charge in [-0.25, -0.2) is 4.57 Å². The lowest BCUT2D eigenvalue weighted by atomic mass is 10.0. The van der Waals surface area contributed by atoms with E-state index in [1.54, 1.807) is 6.26 Å². The second-order valence-electron chi connectivity index (χ2n) is 8.13. The van der Waals surface area contributed by atoms with E-state index in [-0.39, 0.29) is 26.4 Å². The Balaban J connectivity index is 3.34. The molecule has 7 nitrogen and oxygen atoms in total. The number of nitrogens with two attached hydrogens (primary N) is 1. The maximum atomic E-state index is 11.4. The summed E-state index contributed by atoms with van der Waals surface area (Å²) in [5.41, 5.74) is 5.18. The standard InChI is InChI=1S/C23H48NO6P/c1-2-3-4-5-6-7-8-9-10-11-12-13-14-15-16-17-19-28-21-23(25)22-30-31(26,27)29-20-18-24/h17,19,23,25H,2-16,18,20-22,24H2,1H3,(H,26,27)/b19-17-/t23-/m1/s1. The molecule has 4 N–H and O–H groups in total. The number of hydrogen-bond acceptors (Lipinski definition) is 6. The number of rotatable bonds is 24. The molecule has 0 fully saturated rings. The summed E-state index contributed by atoms with van der Waals surface area (Å²) < 4.78 is 25.9. The van der Waals surface area contributed by atoms with Gasteiger partial charge in [0, 0.05) is 6.54 Å². The Morgan fingerprint density at radius 1 is 0.839 bits per heavy atom. The predicted molar refractivity (Wildman–Crippen MR) is 127 cm³/mol. The van der Waals surface area contributed by atoms with Gasteiger partial charge in [-0.1, -0.05) is 90.4 Å². The molecule has 0 saturated heterocycles. The molecule has 0 bridgehead atoms. The topological polar surface area (TPSA) is 111 Å². The van der Waals surface area contributed by atoms with Crippen LogP contribution in [-0.4, -0.2) is 42.5 Å². The Kier molecular flexibility index (Phi) is 22.4. The lowest BCUT2D eigenvalue weighted by Crippen LogP contribution is -2.20. The van der Waals surface area contributed by atoms with Crippen molar-refractivity contribution in [1.29, 1.82) is 0 Å². The van der Waals surface area contributed by atoms with Crippen molar-refractivity contribution >= 4 is 7.82 Å². The van der Waals surface area contributed by atoms with E-state index < -0.39 is 13.9 Å². The number of phosphoric ester groups is 1. The molecule has 0 aromatic heterocycles. The number of hydrogen-bond donors (Lipinski definition) is 3. The van der Waals surface area contributed by atoms with Crippen molar-refractivity contribution in [2.24, 2.45) is 5.73 Å². The van der Waals surface area contributed by atoms with Crippen molar-refractivity contribution in [3.8, 4) is 0 Å². The summed E-state index contributed by atoms with van der Waals surface area (Å²) in [6.07, 6.45) is 22.3. The van der Waals surface area contributed by atoms with Crippen LogP contribution in [0.3, 0.4) is 0 Å². The van der Waals surface area contributed by atoms with Crippen LogP contribution >= 0.6 is 7.82 Å². The van der Waals surface area contributed by atoms with E-state index in [0.29, 0.717) is 0 Å². The minimum Gasteiger partial charge on any atom is -0.499 e. The van der Waals surface area contributed by atoms with E-state index in [1.165, 1.54) is 83.5 Å². The van der Waals surface area contributed by atoms with E-state index in [2.05, 4.69) is 16.0 Å². The summed E-state index contributed by atoms with van der Waals surface area (Å²) in [6.45, 7) is 1.95. The lowest BCUT2D eigenvalue weighted by Gasteiger charge is -2.14. The third kappa shape index (κ3) is 24.1. The van der Waals surface area contributed by atoms with Gasteiger partial charge in [0.2, 0.25) is 0 Å². The molecule has 0 aliphatic carbocycles. The summed E-state index contributed by atoms with van der Waals surface area (Å²) in [6, 6.07) is 0. The summed E-state index contributed by atoms with van der Waals surface area (Å²) in [5.74, 6) is 0. The molecule has 0 aliphatic rings. The first-order valence-corrected chi connectivity index (χ1v) is 13.8. The zero-order chi connectivity index (χ0) is 23.0. The first-order chi connectivity index (χ1) is 15.0. The molecule has 8 heteroatoms. The maximum Gasteiger partial charge on any atom is 0.472 e. The van der Waals surface area contributed by atoms with Crippen molar-refractivity contribution in [2.75, 3.05) is 26.4 Å². The molecule has 0 heterocycles. The van der Waals surface area contributed by atoms with Gasteiger partial charge >= 0.3 is 7.82 Å². The molecule has 0 saturated carbocycles. The van der Waals surface area contributed by atoms with Gasteiger partial charge in [-0.05, 0) is 18.9 Å². The van der Waals surface area contributed by atoms with Gasteiger partial charge in [0.1, 0.15) is 12.7 Å². The summed E-state index contributed by atoms with van der Waals surface area (Å²) in [4.78, 5) is 9.31. The Bertz CT molecular complexity index is 450. The van der Waals surface area contributed by atoms with Gasteiger partial charge in [0.25, 0.3) is 0 Å². The van der Waals surface area contributed by atoms with E-state index in [0.717, 1.165) is 12.8 Å². The molecular weight excluding hydrogens is 417 g/mol. The Morgan fingerprint density at radius 3 is 1.87 bits per heavy atom. The predicted octanol–water partition coefficient (Wildman–Crippen LogP) is 5.84. The lowest BCUT2D eigenvalue weighted by molar-refractivity contribution is 0.0311. The van der Waals surface area contributed by atoms with Crippen LogP contribution in [0.5, 0.6) is 0 Å². The summed E-state index contributed by atoms with van der Waals surface area (Å²) >= 11 is 0. The fourth-order valence-corrected chi connectivity index (χ4v) is 3.96. The summed E-state index contributed by atoms with van der Waals surface area (Å²) in [5, 5.41) is 9.68. The van der Waals surface area contributed by atoms with Crippen LogP contribution in [0.2, 0.25) is 0 Å². The minimum atomic E-state index is -4.15. The third-order valence-electron chi connectivity index (χ3n) is 5.01. The number of ether oxygens (including phenoxy) is 1. The van der Waals surface area contributed by atoms with E-state index in [9.17, 15) is 14.6 Å². The highest BCUT2D eigenvalue weighted by Gasteiger charge is 2.22. The van der Waals surface area contributed by atoms with Crippen LogP contribution in [0.4, 0.5) is 0 Å². The second-order valence-corrected chi connectivity index (χ2v) is 9.58. The maximum absolute atomic E-state index is 11.4. The highest BCUT2D eigenvalue weighted by Crippen LogP contribution is 2.42. The Morgan fingerprint density at radius 2 is 1.35 bits per heavy atom. The van der Waals surface area contributed by atoms with Crippen molar-refractivity contribution in [3.05, 3.63) is 12.3 Å². The SMILES string of the molecule is CCCCCCCCCCCCCCCC/C=C\OC[C@@H](O)COP(=O)(O)OCCN. The highest BCUT2D eigenvalue weighted by molar-refractivity contribution is 7.47. The van der Waals surface area contributed by atoms with E-state index in [1.807, 2.05) is 6.08 Å². The van der Waals surface area contributed by atoms with E-state index >= 15 is 0 Å². The zero-order valence-electron chi connectivity index (χ0n) is 19.7. The quantitative estimate of drug-likeness (QED) is 0.0932. The molecule has 1 unspecified atom stereocenters.